The van der Waals surface area contributed by atoms with Gasteiger partial charge in [-0.2, -0.15) is 0 Å². The fourth-order valence-electron chi connectivity index (χ4n) is 2.71. The van der Waals surface area contributed by atoms with E-state index in [1.54, 1.807) is 0 Å². The molecule has 88 valence electrons. The van der Waals surface area contributed by atoms with Crippen LogP contribution in [0.25, 0.3) is 0 Å². The van der Waals surface area contributed by atoms with Gasteiger partial charge in [0.2, 0.25) is 0 Å². The molecule has 0 bridgehead atoms. The lowest BCUT2D eigenvalue weighted by Gasteiger charge is -2.15. The van der Waals surface area contributed by atoms with Gasteiger partial charge in [-0.1, -0.05) is 38.8 Å². The van der Waals surface area contributed by atoms with Gasteiger partial charge < -0.3 is 5.32 Å². The minimum Gasteiger partial charge on any atom is -0.383 e. The maximum atomic E-state index is 3.61. The van der Waals surface area contributed by atoms with Gasteiger partial charge in [-0.25, -0.2) is 0 Å². The lowest BCUT2D eigenvalue weighted by Crippen LogP contribution is -2.07. The van der Waals surface area contributed by atoms with Gasteiger partial charge >= 0.3 is 0 Å². The molecule has 0 saturated carbocycles. The van der Waals surface area contributed by atoms with Crippen LogP contribution in [-0.2, 0) is 0 Å². The normalized spacial score (nSPS) is 20.3. The first kappa shape index (κ1) is 12.0. The third-order valence-corrected chi connectivity index (χ3v) is 4.14. The fraction of sp³-hybridized carbons (Fsp3) is 0.571. The molecule has 0 radical (unpaired) electrons. The molecule has 1 aliphatic rings. The Morgan fingerprint density at radius 2 is 2.31 bits per heavy atom. The van der Waals surface area contributed by atoms with Crippen molar-refractivity contribution in [3.05, 3.63) is 28.2 Å². The molecule has 2 rings (SSSR count). The van der Waals surface area contributed by atoms with E-state index >= 15 is 0 Å². The van der Waals surface area contributed by atoms with Crippen LogP contribution in [0, 0.1) is 5.92 Å². The molecule has 1 N–H and O–H groups in total. The molecule has 2 atom stereocenters. The molecule has 1 aromatic carbocycles. The number of hydrogen-bond acceptors (Lipinski definition) is 1. The molecule has 1 nitrogen and oxygen atoms in total. The van der Waals surface area contributed by atoms with Crippen molar-refractivity contribution in [2.45, 2.75) is 39.0 Å². The second kappa shape index (κ2) is 5.22. The summed E-state index contributed by atoms with van der Waals surface area (Å²) in [7, 11) is 0. The van der Waals surface area contributed by atoms with Crippen molar-refractivity contribution in [1.29, 1.82) is 0 Å². The Bertz CT molecular complexity index is 362. The van der Waals surface area contributed by atoms with Crippen molar-refractivity contribution in [3.8, 4) is 0 Å². The molecule has 1 aromatic rings. The maximum absolute atomic E-state index is 3.61. The number of para-hydroxylation sites is 1. The summed E-state index contributed by atoms with van der Waals surface area (Å²) < 4.78 is 1.20. The van der Waals surface area contributed by atoms with Crippen LogP contribution < -0.4 is 5.32 Å². The summed E-state index contributed by atoms with van der Waals surface area (Å²) in [5, 5.41) is 3.52. The van der Waals surface area contributed by atoms with Gasteiger partial charge in [-0.05, 0) is 39.9 Å². The van der Waals surface area contributed by atoms with Crippen LogP contribution in [0.1, 0.15) is 44.6 Å². The number of anilines is 1. The van der Waals surface area contributed by atoms with E-state index in [4.69, 9.17) is 0 Å². The molecule has 0 fully saturated rings. The zero-order chi connectivity index (χ0) is 11.5. The zero-order valence-corrected chi connectivity index (χ0v) is 11.7. The molecule has 0 aliphatic carbocycles. The highest BCUT2D eigenvalue weighted by atomic mass is 79.9. The molecule has 1 aliphatic heterocycles. The minimum atomic E-state index is 0.703. The number of fused-ring (bicyclic) bond motifs is 1. The monoisotopic (exact) mass is 281 g/mol. The van der Waals surface area contributed by atoms with Crippen molar-refractivity contribution in [1.82, 2.24) is 0 Å². The molecule has 0 amide bonds. The summed E-state index contributed by atoms with van der Waals surface area (Å²) >= 11 is 3.61. The summed E-state index contributed by atoms with van der Waals surface area (Å²) in [6, 6.07) is 6.53. The Hall–Kier alpha value is -0.500. The minimum absolute atomic E-state index is 0.703. The van der Waals surface area contributed by atoms with E-state index in [2.05, 4.69) is 53.3 Å². The summed E-state index contributed by atoms with van der Waals surface area (Å²) in [4.78, 5) is 0. The standard InChI is InChI=1S/C14H20BrN/c1-3-5-10(2)8-11-9-16-14-12(11)6-4-7-13(14)15/h4,6-7,10-11,16H,3,5,8-9H2,1-2H3. The van der Waals surface area contributed by atoms with Crippen molar-refractivity contribution in [2.24, 2.45) is 5.92 Å². The molecule has 1 heterocycles. The van der Waals surface area contributed by atoms with E-state index < -0.39 is 0 Å². The topological polar surface area (TPSA) is 12.0 Å². The first-order valence-corrected chi connectivity index (χ1v) is 7.04. The lowest BCUT2D eigenvalue weighted by atomic mass is 9.89. The number of nitrogens with one attached hydrogen (secondary N) is 1. The zero-order valence-electron chi connectivity index (χ0n) is 10.1. The number of halogens is 1. The number of benzene rings is 1. The van der Waals surface area contributed by atoms with Crippen LogP contribution in [0.5, 0.6) is 0 Å². The van der Waals surface area contributed by atoms with E-state index in [9.17, 15) is 0 Å². The first-order chi connectivity index (χ1) is 7.72. The van der Waals surface area contributed by atoms with Gasteiger partial charge in [0, 0.05) is 16.9 Å². The molecular formula is C14H20BrN. The summed E-state index contributed by atoms with van der Waals surface area (Å²) in [5.41, 5.74) is 2.81. The predicted octanol–water partition coefficient (Wildman–Crippen LogP) is 4.78. The molecule has 0 spiro atoms. The van der Waals surface area contributed by atoms with Crippen LogP contribution in [-0.4, -0.2) is 6.54 Å². The molecular weight excluding hydrogens is 262 g/mol. The van der Waals surface area contributed by atoms with E-state index in [-0.39, 0.29) is 0 Å². The van der Waals surface area contributed by atoms with Crippen LogP contribution in [0.15, 0.2) is 22.7 Å². The molecule has 2 heteroatoms. The van der Waals surface area contributed by atoms with E-state index in [0.717, 1.165) is 12.5 Å². The van der Waals surface area contributed by atoms with Gasteiger partial charge in [0.25, 0.3) is 0 Å². The molecule has 0 saturated heterocycles. The highest BCUT2D eigenvalue weighted by Crippen LogP contribution is 2.40. The Balaban J connectivity index is 2.09. The highest BCUT2D eigenvalue weighted by Gasteiger charge is 2.24. The van der Waals surface area contributed by atoms with Crippen LogP contribution in [0.4, 0.5) is 5.69 Å². The Morgan fingerprint density at radius 1 is 1.50 bits per heavy atom. The van der Waals surface area contributed by atoms with Gasteiger partial charge in [0.15, 0.2) is 0 Å². The number of hydrogen-bond donors (Lipinski definition) is 1. The summed E-state index contributed by atoms with van der Waals surface area (Å²) in [6.45, 7) is 5.75. The van der Waals surface area contributed by atoms with Crippen molar-refractivity contribution >= 4 is 21.6 Å². The highest BCUT2D eigenvalue weighted by molar-refractivity contribution is 9.10. The maximum Gasteiger partial charge on any atom is 0.0520 e. The van der Waals surface area contributed by atoms with Crippen molar-refractivity contribution in [2.75, 3.05) is 11.9 Å². The molecule has 16 heavy (non-hydrogen) atoms. The largest absolute Gasteiger partial charge is 0.383 e. The van der Waals surface area contributed by atoms with E-state index in [1.165, 1.54) is 35.0 Å². The number of rotatable bonds is 4. The smallest absolute Gasteiger partial charge is 0.0520 e. The van der Waals surface area contributed by atoms with Gasteiger partial charge in [0.1, 0.15) is 0 Å². The second-order valence-corrected chi connectivity index (χ2v) is 5.77. The van der Waals surface area contributed by atoms with Crippen LogP contribution in [0.3, 0.4) is 0 Å². The van der Waals surface area contributed by atoms with Crippen molar-refractivity contribution < 1.29 is 0 Å². The van der Waals surface area contributed by atoms with E-state index in [1.807, 2.05) is 0 Å². The average Bonchev–Trinajstić information content (AvgIpc) is 2.64. The Kier molecular flexibility index (Phi) is 3.91. The van der Waals surface area contributed by atoms with Crippen molar-refractivity contribution in [3.63, 3.8) is 0 Å². The van der Waals surface area contributed by atoms with Crippen LogP contribution >= 0.6 is 15.9 Å². The fourth-order valence-corrected chi connectivity index (χ4v) is 3.23. The Morgan fingerprint density at radius 3 is 3.06 bits per heavy atom. The summed E-state index contributed by atoms with van der Waals surface area (Å²) in [6.07, 6.45) is 3.96. The SMILES string of the molecule is CCCC(C)CC1CNc2c(Br)cccc21. The third kappa shape index (κ3) is 2.42. The molecule has 0 aromatic heterocycles. The van der Waals surface area contributed by atoms with Gasteiger partial charge in [-0.3, -0.25) is 0 Å². The first-order valence-electron chi connectivity index (χ1n) is 6.24. The van der Waals surface area contributed by atoms with Gasteiger partial charge in [-0.15, -0.1) is 0 Å². The van der Waals surface area contributed by atoms with Gasteiger partial charge in [0.05, 0.1) is 5.69 Å². The van der Waals surface area contributed by atoms with Crippen LogP contribution in [0.2, 0.25) is 0 Å². The predicted molar refractivity (Wildman–Crippen MR) is 74.1 cm³/mol. The lowest BCUT2D eigenvalue weighted by molar-refractivity contribution is 0.448. The quantitative estimate of drug-likeness (QED) is 0.837. The molecule has 2 unspecified atom stereocenters. The summed E-state index contributed by atoms with van der Waals surface area (Å²) in [5.74, 6) is 1.54. The van der Waals surface area contributed by atoms with E-state index in [0.29, 0.717) is 5.92 Å². The average molecular weight is 282 g/mol. The second-order valence-electron chi connectivity index (χ2n) is 4.91. The Labute approximate surface area is 107 Å². The third-order valence-electron chi connectivity index (χ3n) is 3.48.